The molecule has 1 unspecified atom stereocenters. The Labute approximate surface area is 96.0 Å². The van der Waals surface area contributed by atoms with Gasteiger partial charge in [-0.1, -0.05) is 47.0 Å². The molecule has 0 rings (SSSR count). The second-order valence-corrected chi connectivity index (χ2v) is 5.42. The van der Waals surface area contributed by atoms with E-state index in [2.05, 4.69) is 33.0 Å². The molecular formula is C13H30N2. The molecule has 0 saturated carbocycles. The lowest BCUT2D eigenvalue weighted by atomic mass is 9.93. The van der Waals surface area contributed by atoms with Crippen LogP contribution in [-0.4, -0.2) is 19.6 Å². The van der Waals surface area contributed by atoms with Crippen LogP contribution in [0.5, 0.6) is 0 Å². The number of hydrogen-bond donors (Lipinski definition) is 2. The summed E-state index contributed by atoms with van der Waals surface area (Å²) in [7, 11) is 0. The average molecular weight is 214 g/mol. The van der Waals surface area contributed by atoms with E-state index in [0.29, 0.717) is 0 Å². The molecule has 1 atom stereocenters. The number of nitrogens with two attached hydrogens (primary N) is 1. The van der Waals surface area contributed by atoms with Crippen molar-refractivity contribution in [3.05, 3.63) is 0 Å². The van der Waals surface area contributed by atoms with Crippen LogP contribution < -0.4 is 11.1 Å². The van der Waals surface area contributed by atoms with Gasteiger partial charge in [-0.05, 0) is 30.8 Å². The first-order chi connectivity index (χ1) is 7.05. The zero-order valence-corrected chi connectivity index (χ0v) is 11.1. The molecule has 0 bridgehead atoms. The molecule has 2 nitrogen and oxygen atoms in total. The normalized spacial score (nSPS) is 14.2. The Hall–Kier alpha value is -0.0800. The highest BCUT2D eigenvalue weighted by atomic mass is 14.9. The van der Waals surface area contributed by atoms with Crippen LogP contribution >= 0.6 is 0 Å². The monoisotopic (exact) mass is 214 g/mol. The van der Waals surface area contributed by atoms with Crippen LogP contribution in [0.2, 0.25) is 0 Å². The third-order valence-corrected chi connectivity index (χ3v) is 3.13. The molecule has 0 aromatic rings. The lowest BCUT2D eigenvalue weighted by Crippen LogP contribution is -2.37. The Morgan fingerprint density at radius 2 is 1.93 bits per heavy atom. The Kier molecular flexibility index (Phi) is 8.07. The Morgan fingerprint density at radius 3 is 2.40 bits per heavy atom. The van der Waals surface area contributed by atoms with E-state index in [0.717, 1.165) is 25.6 Å². The van der Waals surface area contributed by atoms with E-state index >= 15 is 0 Å². The van der Waals surface area contributed by atoms with Gasteiger partial charge in [0, 0.05) is 6.54 Å². The van der Waals surface area contributed by atoms with Gasteiger partial charge in [0.15, 0.2) is 0 Å². The van der Waals surface area contributed by atoms with Crippen molar-refractivity contribution in [3.63, 3.8) is 0 Å². The Bertz CT molecular complexity index is 143. The van der Waals surface area contributed by atoms with E-state index in [4.69, 9.17) is 5.73 Å². The average Bonchev–Trinajstić information content (AvgIpc) is 2.23. The predicted octanol–water partition coefficient (Wildman–Crippen LogP) is 2.78. The van der Waals surface area contributed by atoms with Crippen LogP contribution in [0.1, 0.15) is 53.4 Å². The van der Waals surface area contributed by atoms with Crippen molar-refractivity contribution in [1.82, 2.24) is 5.32 Å². The minimum absolute atomic E-state index is 0.239. The minimum atomic E-state index is 0.239. The summed E-state index contributed by atoms with van der Waals surface area (Å²) in [4.78, 5) is 0. The highest BCUT2D eigenvalue weighted by Crippen LogP contribution is 2.13. The quantitative estimate of drug-likeness (QED) is 0.619. The first kappa shape index (κ1) is 14.9. The zero-order valence-electron chi connectivity index (χ0n) is 11.1. The van der Waals surface area contributed by atoms with Crippen molar-refractivity contribution >= 4 is 0 Å². The molecule has 0 radical (unpaired) electrons. The van der Waals surface area contributed by atoms with E-state index in [1.807, 2.05) is 0 Å². The van der Waals surface area contributed by atoms with Crippen LogP contribution in [0.4, 0.5) is 0 Å². The standard InChI is InChI=1S/C13H30N2/c1-5-7-8-12(6-2)9-15-11-13(3,4)10-14/h12,15H,5-11,14H2,1-4H3. The molecule has 0 aliphatic rings. The van der Waals surface area contributed by atoms with Crippen molar-refractivity contribution in [2.24, 2.45) is 17.1 Å². The molecule has 0 spiro atoms. The van der Waals surface area contributed by atoms with Gasteiger partial charge < -0.3 is 11.1 Å². The van der Waals surface area contributed by atoms with Gasteiger partial charge in [-0.25, -0.2) is 0 Å². The van der Waals surface area contributed by atoms with E-state index < -0.39 is 0 Å². The Morgan fingerprint density at radius 1 is 1.27 bits per heavy atom. The summed E-state index contributed by atoms with van der Waals surface area (Å²) >= 11 is 0. The lowest BCUT2D eigenvalue weighted by molar-refractivity contribution is 0.326. The van der Waals surface area contributed by atoms with Gasteiger partial charge in [0.25, 0.3) is 0 Å². The van der Waals surface area contributed by atoms with Crippen LogP contribution in [0.3, 0.4) is 0 Å². The summed E-state index contributed by atoms with van der Waals surface area (Å²) in [5.74, 6) is 0.846. The molecule has 3 N–H and O–H groups in total. The summed E-state index contributed by atoms with van der Waals surface area (Å²) in [5, 5.41) is 3.56. The molecule has 0 aliphatic carbocycles. The summed E-state index contributed by atoms with van der Waals surface area (Å²) in [6.07, 6.45) is 5.32. The maximum absolute atomic E-state index is 5.70. The molecule has 92 valence electrons. The van der Waals surface area contributed by atoms with Crippen molar-refractivity contribution in [3.8, 4) is 0 Å². The highest BCUT2D eigenvalue weighted by Gasteiger charge is 2.15. The van der Waals surface area contributed by atoms with Crippen molar-refractivity contribution in [2.45, 2.75) is 53.4 Å². The topological polar surface area (TPSA) is 38.0 Å². The number of hydrogen-bond acceptors (Lipinski definition) is 2. The number of nitrogens with one attached hydrogen (secondary N) is 1. The fraction of sp³-hybridized carbons (Fsp3) is 1.00. The van der Waals surface area contributed by atoms with Gasteiger partial charge in [0.05, 0.1) is 0 Å². The molecule has 0 aromatic carbocycles. The second kappa shape index (κ2) is 8.12. The Balaban J connectivity index is 3.62. The fourth-order valence-corrected chi connectivity index (χ4v) is 1.63. The third-order valence-electron chi connectivity index (χ3n) is 3.13. The second-order valence-electron chi connectivity index (χ2n) is 5.42. The highest BCUT2D eigenvalue weighted by molar-refractivity contribution is 4.73. The van der Waals surface area contributed by atoms with Crippen LogP contribution in [0, 0.1) is 11.3 Å². The van der Waals surface area contributed by atoms with Crippen molar-refractivity contribution < 1.29 is 0 Å². The largest absolute Gasteiger partial charge is 0.330 e. The van der Waals surface area contributed by atoms with Crippen molar-refractivity contribution in [1.29, 1.82) is 0 Å². The van der Waals surface area contributed by atoms with Gasteiger partial charge in [-0.3, -0.25) is 0 Å². The molecule has 0 aromatic heterocycles. The maximum atomic E-state index is 5.70. The van der Waals surface area contributed by atoms with Crippen LogP contribution in [0.15, 0.2) is 0 Å². The van der Waals surface area contributed by atoms with Gasteiger partial charge in [-0.2, -0.15) is 0 Å². The first-order valence-electron chi connectivity index (χ1n) is 6.46. The van der Waals surface area contributed by atoms with E-state index in [1.54, 1.807) is 0 Å². The molecule has 2 heteroatoms. The van der Waals surface area contributed by atoms with E-state index in [1.165, 1.54) is 25.7 Å². The molecule has 0 amide bonds. The molecule has 0 aliphatic heterocycles. The van der Waals surface area contributed by atoms with Gasteiger partial charge >= 0.3 is 0 Å². The molecular weight excluding hydrogens is 184 g/mol. The maximum Gasteiger partial charge on any atom is 0.00147 e. The smallest absolute Gasteiger partial charge is 0.00147 e. The fourth-order valence-electron chi connectivity index (χ4n) is 1.63. The predicted molar refractivity (Wildman–Crippen MR) is 69.0 cm³/mol. The lowest BCUT2D eigenvalue weighted by Gasteiger charge is -2.24. The number of unbranched alkanes of at least 4 members (excludes halogenated alkanes) is 1. The van der Waals surface area contributed by atoms with Gasteiger partial charge in [0.1, 0.15) is 0 Å². The van der Waals surface area contributed by atoms with Crippen molar-refractivity contribution in [2.75, 3.05) is 19.6 Å². The van der Waals surface area contributed by atoms with Gasteiger partial charge in [0.2, 0.25) is 0 Å². The summed E-state index contributed by atoms with van der Waals surface area (Å²) < 4.78 is 0. The van der Waals surface area contributed by atoms with Crippen LogP contribution in [-0.2, 0) is 0 Å². The zero-order chi connectivity index (χ0) is 11.7. The first-order valence-corrected chi connectivity index (χ1v) is 6.46. The minimum Gasteiger partial charge on any atom is -0.330 e. The van der Waals surface area contributed by atoms with Crippen LogP contribution in [0.25, 0.3) is 0 Å². The molecule has 0 saturated heterocycles. The van der Waals surface area contributed by atoms with E-state index in [-0.39, 0.29) is 5.41 Å². The third kappa shape index (κ3) is 7.80. The summed E-state index contributed by atoms with van der Waals surface area (Å²) in [6.45, 7) is 11.9. The van der Waals surface area contributed by atoms with Gasteiger partial charge in [-0.15, -0.1) is 0 Å². The summed E-state index contributed by atoms with van der Waals surface area (Å²) in [5.41, 5.74) is 5.94. The molecule has 0 fully saturated rings. The molecule has 15 heavy (non-hydrogen) atoms. The summed E-state index contributed by atoms with van der Waals surface area (Å²) in [6, 6.07) is 0. The SMILES string of the molecule is CCCCC(CC)CNCC(C)(C)CN. The van der Waals surface area contributed by atoms with E-state index in [9.17, 15) is 0 Å². The molecule has 0 heterocycles. The number of rotatable bonds is 9.